The summed E-state index contributed by atoms with van der Waals surface area (Å²) in [6.07, 6.45) is 4.17. The van der Waals surface area contributed by atoms with Gasteiger partial charge in [0.2, 0.25) is 5.89 Å². The minimum absolute atomic E-state index is 0.215. The lowest BCUT2D eigenvalue weighted by Gasteiger charge is -1.98. The molecule has 0 N–H and O–H groups in total. The van der Waals surface area contributed by atoms with Gasteiger partial charge in [-0.05, 0) is 12.5 Å². The number of aryl methyl sites for hydroxylation is 1. The molecule has 0 aliphatic rings. The van der Waals surface area contributed by atoms with Gasteiger partial charge in [0, 0.05) is 6.92 Å². The van der Waals surface area contributed by atoms with Crippen LogP contribution in [0, 0.1) is 6.92 Å². The fourth-order valence-corrected chi connectivity index (χ4v) is 1.01. The maximum atomic E-state index is 5.15. The van der Waals surface area contributed by atoms with Gasteiger partial charge in [-0.25, -0.2) is 0 Å². The molecule has 52 valence electrons. The Morgan fingerprint density at radius 3 is 2.22 bits per heavy atom. The average molecular weight is 146 g/mol. The Hall–Kier alpha value is -0.510. The van der Waals surface area contributed by atoms with Gasteiger partial charge < -0.3 is 4.42 Å². The molecular weight excluding hydrogens is 136 g/mol. The zero-order valence-corrected chi connectivity index (χ0v) is 6.64. The molecule has 0 amide bonds. The zero-order chi connectivity index (χ0) is 6.85. The van der Waals surface area contributed by atoms with Crippen LogP contribution in [0.25, 0.3) is 0 Å². The standard InChI is InChI=1S/C5H10N2OS/c1-4-6-7-5(8-4)9(2)3/h9H,1-3H3. The summed E-state index contributed by atoms with van der Waals surface area (Å²) in [4.78, 5) is 0. The van der Waals surface area contributed by atoms with E-state index < -0.39 is 0 Å². The highest BCUT2D eigenvalue weighted by Gasteiger charge is 2.01. The molecular formula is C5H10N2OS. The molecule has 1 rings (SSSR count). The summed E-state index contributed by atoms with van der Waals surface area (Å²) >= 11 is 0. The molecule has 0 aromatic carbocycles. The van der Waals surface area contributed by atoms with Crippen LogP contribution in [0.1, 0.15) is 5.89 Å². The number of rotatable bonds is 1. The highest BCUT2D eigenvalue weighted by molar-refractivity contribution is 8.15. The quantitative estimate of drug-likeness (QED) is 0.601. The largest absolute Gasteiger partial charge is 0.418 e. The van der Waals surface area contributed by atoms with Crippen molar-refractivity contribution in [3.63, 3.8) is 0 Å². The van der Waals surface area contributed by atoms with Crippen LogP contribution < -0.4 is 0 Å². The van der Waals surface area contributed by atoms with Gasteiger partial charge in [-0.2, -0.15) is 10.9 Å². The Balaban J connectivity index is 2.85. The van der Waals surface area contributed by atoms with Crippen molar-refractivity contribution in [3.05, 3.63) is 5.89 Å². The van der Waals surface area contributed by atoms with Gasteiger partial charge in [-0.3, -0.25) is 0 Å². The van der Waals surface area contributed by atoms with Crippen LogP contribution in [0.15, 0.2) is 9.64 Å². The summed E-state index contributed by atoms with van der Waals surface area (Å²) in [7, 11) is -0.215. The van der Waals surface area contributed by atoms with E-state index in [-0.39, 0.29) is 10.9 Å². The van der Waals surface area contributed by atoms with Crippen LogP contribution in [-0.4, -0.2) is 22.7 Å². The minimum atomic E-state index is -0.215. The molecule has 9 heavy (non-hydrogen) atoms. The third-order valence-corrected chi connectivity index (χ3v) is 1.84. The van der Waals surface area contributed by atoms with Gasteiger partial charge in [0.1, 0.15) is 0 Å². The number of nitrogens with zero attached hydrogens (tertiary/aromatic N) is 2. The summed E-state index contributed by atoms with van der Waals surface area (Å²) in [5.74, 6) is 0.654. The van der Waals surface area contributed by atoms with Gasteiger partial charge in [0.25, 0.3) is 5.22 Å². The Kier molecular flexibility index (Phi) is 1.75. The van der Waals surface area contributed by atoms with E-state index in [0.717, 1.165) is 5.22 Å². The minimum Gasteiger partial charge on any atom is -0.418 e. The molecule has 0 radical (unpaired) electrons. The topological polar surface area (TPSA) is 38.9 Å². The highest BCUT2D eigenvalue weighted by Crippen LogP contribution is 2.25. The number of aromatic nitrogens is 2. The second-order valence-electron chi connectivity index (χ2n) is 2.00. The van der Waals surface area contributed by atoms with Crippen LogP contribution >= 0.6 is 10.9 Å². The van der Waals surface area contributed by atoms with Gasteiger partial charge in [0.15, 0.2) is 0 Å². The Morgan fingerprint density at radius 2 is 2.00 bits per heavy atom. The van der Waals surface area contributed by atoms with Gasteiger partial charge in [0.05, 0.1) is 0 Å². The third-order valence-electron chi connectivity index (χ3n) is 0.898. The molecule has 0 fully saturated rings. The van der Waals surface area contributed by atoms with Crippen molar-refractivity contribution in [1.82, 2.24) is 10.2 Å². The molecule has 0 atom stereocenters. The summed E-state index contributed by atoms with van der Waals surface area (Å²) in [5.41, 5.74) is 0. The molecule has 4 heteroatoms. The molecule has 0 saturated heterocycles. The van der Waals surface area contributed by atoms with Crippen LogP contribution in [0.2, 0.25) is 0 Å². The molecule has 0 saturated carbocycles. The maximum Gasteiger partial charge on any atom is 0.256 e. The molecule has 0 unspecified atom stereocenters. The lowest BCUT2D eigenvalue weighted by Crippen LogP contribution is -1.75. The SMILES string of the molecule is Cc1nnc([SH](C)C)o1. The van der Waals surface area contributed by atoms with Gasteiger partial charge in [-0.1, -0.05) is 0 Å². The van der Waals surface area contributed by atoms with Crippen molar-refractivity contribution >= 4 is 10.9 Å². The van der Waals surface area contributed by atoms with Crippen LogP contribution in [0.5, 0.6) is 0 Å². The molecule has 1 aromatic rings. The highest BCUT2D eigenvalue weighted by atomic mass is 32.2. The smallest absolute Gasteiger partial charge is 0.256 e. The van der Waals surface area contributed by atoms with Crippen molar-refractivity contribution in [1.29, 1.82) is 0 Å². The fraction of sp³-hybridized carbons (Fsp3) is 0.600. The van der Waals surface area contributed by atoms with Crippen molar-refractivity contribution < 1.29 is 4.42 Å². The van der Waals surface area contributed by atoms with Crippen molar-refractivity contribution in [2.75, 3.05) is 12.5 Å². The van der Waals surface area contributed by atoms with E-state index in [9.17, 15) is 0 Å². The number of hydrogen-bond acceptors (Lipinski definition) is 3. The van der Waals surface area contributed by atoms with Crippen molar-refractivity contribution in [2.45, 2.75) is 12.1 Å². The lowest BCUT2D eigenvalue weighted by atomic mass is 10.8. The van der Waals surface area contributed by atoms with Gasteiger partial charge >= 0.3 is 0 Å². The molecule has 0 aliphatic heterocycles. The first-order valence-electron chi connectivity index (χ1n) is 2.67. The third kappa shape index (κ3) is 1.45. The monoisotopic (exact) mass is 146 g/mol. The van der Waals surface area contributed by atoms with Crippen LogP contribution in [-0.2, 0) is 0 Å². The molecule has 3 nitrogen and oxygen atoms in total. The second kappa shape index (κ2) is 2.39. The van der Waals surface area contributed by atoms with Crippen LogP contribution in [0.4, 0.5) is 0 Å². The molecule has 1 heterocycles. The first-order valence-corrected chi connectivity index (χ1v) is 4.91. The zero-order valence-electron chi connectivity index (χ0n) is 5.75. The van der Waals surface area contributed by atoms with E-state index >= 15 is 0 Å². The van der Waals surface area contributed by atoms with Crippen molar-refractivity contribution in [3.8, 4) is 0 Å². The molecule has 0 bridgehead atoms. The summed E-state index contributed by atoms with van der Waals surface area (Å²) in [5, 5.41) is 8.34. The molecule has 1 aromatic heterocycles. The summed E-state index contributed by atoms with van der Waals surface area (Å²) < 4.78 is 5.15. The van der Waals surface area contributed by atoms with E-state index in [1.165, 1.54) is 0 Å². The molecule has 0 spiro atoms. The fourth-order valence-electron chi connectivity index (χ4n) is 0.467. The van der Waals surface area contributed by atoms with E-state index in [1.54, 1.807) is 6.92 Å². The summed E-state index contributed by atoms with van der Waals surface area (Å²) in [6, 6.07) is 0. The number of thiol groups is 1. The Morgan fingerprint density at radius 1 is 1.33 bits per heavy atom. The van der Waals surface area contributed by atoms with E-state index in [0.29, 0.717) is 5.89 Å². The maximum absolute atomic E-state index is 5.15. The first-order chi connectivity index (χ1) is 4.20. The van der Waals surface area contributed by atoms with E-state index in [2.05, 4.69) is 22.7 Å². The Bertz CT molecular complexity index is 197. The van der Waals surface area contributed by atoms with E-state index in [4.69, 9.17) is 4.42 Å². The lowest BCUT2D eigenvalue weighted by molar-refractivity contribution is 0.428. The second-order valence-corrected chi connectivity index (χ2v) is 4.17. The predicted molar refractivity (Wildman–Crippen MR) is 38.1 cm³/mol. The van der Waals surface area contributed by atoms with Crippen LogP contribution in [0.3, 0.4) is 0 Å². The van der Waals surface area contributed by atoms with Gasteiger partial charge in [-0.15, -0.1) is 10.2 Å². The van der Waals surface area contributed by atoms with Crippen molar-refractivity contribution in [2.24, 2.45) is 0 Å². The summed E-state index contributed by atoms with van der Waals surface area (Å²) in [6.45, 7) is 1.80. The predicted octanol–water partition coefficient (Wildman–Crippen LogP) is 0.998. The first kappa shape index (κ1) is 6.61. The molecule has 0 aliphatic carbocycles. The number of hydrogen-bond donors (Lipinski definition) is 1. The Labute approximate surface area is 56.8 Å². The normalized spacial score (nSPS) is 11.7. The average Bonchev–Trinajstić information content (AvgIpc) is 2.14. The van der Waals surface area contributed by atoms with E-state index in [1.807, 2.05) is 0 Å².